The molecular formula is C18H27FO2. The van der Waals surface area contributed by atoms with Crippen LogP contribution in [0.4, 0.5) is 4.39 Å². The van der Waals surface area contributed by atoms with Crippen molar-refractivity contribution in [2.45, 2.75) is 70.6 Å². The van der Waals surface area contributed by atoms with E-state index in [9.17, 15) is 9.90 Å². The lowest BCUT2D eigenvalue weighted by Crippen LogP contribution is -2.54. The van der Waals surface area contributed by atoms with Crippen LogP contribution in [-0.4, -0.2) is 23.2 Å². The van der Waals surface area contributed by atoms with Crippen molar-refractivity contribution >= 4 is 5.78 Å². The van der Waals surface area contributed by atoms with Crippen LogP contribution < -0.4 is 0 Å². The molecule has 4 saturated carbocycles. The molecule has 0 saturated heterocycles. The molecule has 4 fully saturated rings. The summed E-state index contributed by atoms with van der Waals surface area (Å²) in [5.41, 5.74) is -0.197. The van der Waals surface area contributed by atoms with E-state index in [1.807, 2.05) is 0 Å². The Hall–Kier alpha value is -0.440. The average molecular weight is 294 g/mol. The molecule has 0 bridgehead atoms. The van der Waals surface area contributed by atoms with Crippen LogP contribution in [0.1, 0.15) is 58.3 Å². The number of alkyl halides is 1. The zero-order valence-electron chi connectivity index (χ0n) is 12.9. The monoisotopic (exact) mass is 294 g/mol. The van der Waals surface area contributed by atoms with Crippen molar-refractivity contribution in [3.05, 3.63) is 0 Å². The Morgan fingerprint density at radius 2 is 1.95 bits per heavy atom. The van der Waals surface area contributed by atoms with Crippen LogP contribution in [0.3, 0.4) is 0 Å². The van der Waals surface area contributed by atoms with Crippen molar-refractivity contribution in [2.24, 2.45) is 35.0 Å². The van der Waals surface area contributed by atoms with Gasteiger partial charge in [0.15, 0.2) is 0 Å². The van der Waals surface area contributed by atoms with Crippen molar-refractivity contribution in [2.75, 3.05) is 0 Å². The van der Waals surface area contributed by atoms with Gasteiger partial charge in [0.2, 0.25) is 0 Å². The van der Waals surface area contributed by atoms with E-state index in [4.69, 9.17) is 0 Å². The van der Waals surface area contributed by atoms with Gasteiger partial charge in [-0.05, 0) is 73.5 Å². The molecule has 0 heterocycles. The molecule has 0 aromatic rings. The van der Waals surface area contributed by atoms with Crippen molar-refractivity contribution in [1.29, 1.82) is 0 Å². The molecule has 8 atom stereocenters. The number of fused-ring (bicyclic) bond motifs is 5. The third-order valence-corrected chi connectivity index (χ3v) is 7.64. The summed E-state index contributed by atoms with van der Waals surface area (Å²) in [4.78, 5) is 11.7. The van der Waals surface area contributed by atoms with Crippen LogP contribution in [-0.2, 0) is 4.79 Å². The maximum atomic E-state index is 15.0. The quantitative estimate of drug-likeness (QED) is 0.742. The van der Waals surface area contributed by atoms with Crippen LogP contribution in [0.5, 0.6) is 0 Å². The third kappa shape index (κ3) is 1.95. The van der Waals surface area contributed by atoms with E-state index in [1.165, 1.54) is 0 Å². The Bertz CT molecular complexity index is 450. The van der Waals surface area contributed by atoms with E-state index in [-0.39, 0.29) is 17.4 Å². The molecule has 118 valence electrons. The Morgan fingerprint density at radius 1 is 1.14 bits per heavy atom. The molecule has 0 spiro atoms. The highest BCUT2D eigenvalue weighted by Crippen LogP contribution is 2.62. The van der Waals surface area contributed by atoms with Gasteiger partial charge in [-0.2, -0.15) is 0 Å². The van der Waals surface area contributed by atoms with E-state index < -0.39 is 6.17 Å². The molecule has 0 aromatic heterocycles. The number of Topliss-reactive ketones (excluding diaryl/α,β-unsaturated/α-hetero) is 1. The van der Waals surface area contributed by atoms with Gasteiger partial charge in [0, 0.05) is 12.8 Å². The summed E-state index contributed by atoms with van der Waals surface area (Å²) in [6.07, 6.45) is 5.84. The molecule has 4 aliphatic rings. The van der Waals surface area contributed by atoms with Crippen molar-refractivity contribution in [1.82, 2.24) is 0 Å². The van der Waals surface area contributed by atoms with Crippen molar-refractivity contribution in [3.8, 4) is 0 Å². The van der Waals surface area contributed by atoms with Crippen LogP contribution in [0, 0.1) is 35.0 Å². The molecule has 1 N–H and O–H groups in total. The van der Waals surface area contributed by atoms with Crippen LogP contribution in [0.2, 0.25) is 0 Å². The maximum absolute atomic E-state index is 15.0. The SMILES string of the molecule is C[C@]12CC(F)C3C4CCC(=O)CC4CCC3C1CCC2O. The molecule has 0 aromatic carbocycles. The average Bonchev–Trinajstić information content (AvgIpc) is 2.74. The Kier molecular flexibility index (Phi) is 3.22. The molecular weight excluding hydrogens is 267 g/mol. The zero-order chi connectivity index (χ0) is 14.8. The molecule has 0 aliphatic heterocycles. The van der Waals surface area contributed by atoms with Gasteiger partial charge in [0.1, 0.15) is 12.0 Å². The highest BCUT2D eigenvalue weighted by molar-refractivity contribution is 5.79. The Balaban J connectivity index is 1.63. The summed E-state index contributed by atoms with van der Waals surface area (Å²) in [6, 6.07) is 0. The van der Waals surface area contributed by atoms with Crippen molar-refractivity contribution in [3.63, 3.8) is 0 Å². The number of halogens is 1. The van der Waals surface area contributed by atoms with Gasteiger partial charge < -0.3 is 5.11 Å². The van der Waals surface area contributed by atoms with Crippen LogP contribution in [0.15, 0.2) is 0 Å². The summed E-state index contributed by atoms with van der Waals surface area (Å²) in [7, 11) is 0. The lowest BCUT2D eigenvalue weighted by molar-refractivity contribution is -0.136. The first-order chi connectivity index (χ1) is 10.0. The highest BCUT2D eigenvalue weighted by atomic mass is 19.1. The minimum Gasteiger partial charge on any atom is -0.393 e. The predicted molar refractivity (Wildman–Crippen MR) is 78.4 cm³/mol. The van der Waals surface area contributed by atoms with Gasteiger partial charge in [0.05, 0.1) is 6.10 Å². The second-order valence-electron chi connectivity index (χ2n) is 8.45. The molecule has 7 unspecified atom stereocenters. The highest BCUT2D eigenvalue weighted by Gasteiger charge is 2.60. The second-order valence-corrected chi connectivity index (χ2v) is 8.45. The third-order valence-electron chi connectivity index (χ3n) is 7.64. The van der Waals surface area contributed by atoms with E-state index in [0.29, 0.717) is 48.7 Å². The van der Waals surface area contributed by atoms with Gasteiger partial charge in [-0.3, -0.25) is 4.79 Å². The fraction of sp³-hybridized carbons (Fsp3) is 0.944. The van der Waals surface area contributed by atoms with Gasteiger partial charge >= 0.3 is 0 Å². The van der Waals surface area contributed by atoms with Crippen LogP contribution in [0.25, 0.3) is 0 Å². The first-order valence-electron chi connectivity index (χ1n) is 8.84. The standard InChI is InChI=1S/C18H27FO2/c1-18-9-15(19)17-12-5-3-11(20)8-10(12)2-4-13(17)14(18)6-7-16(18)21/h10,12-17,21H,2-9H2,1H3/t10?,12?,13?,14?,15?,16?,17?,18-/m0/s1. The lowest BCUT2D eigenvalue weighted by atomic mass is 9.50. The van der Waals surface area contributed by atoms with E-state index in [1.54, 1.807) is 0 Å². The minimum absolute atomic E-state index is 0.167. The summed E-state index contributed by atoms with van der Waals surface area (Å²) in [5.74, 6) is 2.39. The molecule has 21 heavy (non-hydrogen) atoms. The number of carbonyl (C=O) groups excluding carboxylic acids is 1. The first kappa shape index (κ1) is 14.2. The lowest BCUT2D eigenvalue weighted by Gasteiger charge is -2.56. The summed E-state index contributed by atoms with van der Waals surface area (Å²) in [5, 5.41) is 10.3. The molecule has 4 rings (SSSR count). The summed E-state index contributed by atoms with van der Waals surface area (Å²) >= 11 is 0. The number of carbonyl (C=O) groups is 1. The molecule has 4 aliphatic carbocycles. The molecule has 0 radical (unpaired) electrons. The van der Waals surface area contributed by atoms with E-state index in [0.717, 1.165) is 32.1 Å². The summed E-state index contributed by atoms with van der Waals surface area (Å²) in [6.45, 7) is 2.12. The second kappa shape index (κ2) is 4.78. The number of ketones is 1. The minimum atomic E-state index is -0.773. The first-order valence-corrected chi connectivity index (χ1v) is 8.84. The van der Waals surface area contributed by atoms with E-state index >= 15 is 4.39 Å². The Labute approximate surface area is 126 Å². The molecule has 3 heteroatoms. The van der Waals surface area contributed by atoms with Gasteiger partial charge in [-0.15, -0.1) is 0 Å². The molecule has 0 amide bonds. The van der Waals surface area contributed by atoms with E-state index in [2.05, 4.69) is 6.92 Å². The zero-order valence-corrected chi connectivity index (χ0v) is 12.9. The smallest absolute Gasteiger partial charge is 0.133 e. The fourth-order valence-electron chi connectivity index (χ4n) is 6.65. The number of aliphatic hydroxyl groups excluding tert-OH is 1. The predicted octanol–water partition coefficient (Wildman–Crippen LogP) is 3.52. The molecule has 2 nitrogen and oxygen atoms in total. The summed E-state index contributed by atoms with van der Waals surface area (Å²) < 4.78 is 15.0. The van der Waals surface area contributed by atoms with Crippen molar-refractivity contribution < 1.29 is 14.3 Å². The van der Waals surface area contributed by atoms with Gasteiger partial charge in [-0.1, -0.05) is 6.92 Å². The maximum Gasteiger partial charge on any atom is 0.133 e. The number of aliphatic hydroxyl groups is 1. The van der Waals surface area contributed by atoms with Gasteiger partial charge in [0.25, 0.3) is 0 Å². The normalized spacial score (nSPS) is 56.5. The van der Waals surface area contributed by atoms with Gasteiger partial charge in [-0.25, -0.2) is 4.39 Å². The number of rotatable bonds is 0. The Morgan fingerprint density at radius 3 is 2.76 bits per heavy atom. The van der Waals surface area contributed by atoms with Crippen LogP contribution >= 0.6 is 0 Å². The fourth-order valence-corrected chi connectivity index (χ4v) is 6.65. The largest absolute Gasteiger partial charge is 0.393 e. The number of hydrogen-bond donors (Lipinski definition) is 1. The number of hydrogen-bond acceptors (Lipinski definition) is 2. The topological polar surface area (TPSA) is 37.3 Å².